The number of nitro groups is 1. The summed E-state index contributed by atoms with van der Waals surface area (Å²) in [5, 5.41) is 23.5. The standard InChI is InChI=1S/C29H28N4O4S/c1-29(2,3)19-15-18(26-21(16-19)25(27(34)35)20-7-5-6-8-22(20)31-26)13-17-9-10-24(23(14-17)33(36)37)38-28-30-11-12-32(28)4/h5-14,19H,15-16H2,1-4H3,(H,34,35)/b18-13+/t19-/m0/s1. The number of rotatable bonds is 5. The Balaban J connectivity index is 1.67. The van der Waals surface area contributed by atoms with Crippen molar-refractivity contribution in [2.75, 3.05) is 0 Å². The Morgan fingerprint density at radius 1 is 1.21 bits per heavy atom. The summed E-state index contributed by atoms with van der Waals surface area (Å²) in [4.78, 5) is 33.8. The Labute approximate surface area is 224 Å². The van der Waals surface area contributed by atoms with E-state index in [1.165, 1.54) is 11.8 Å². The van der Waals surface area contributed by atoms with Crippen molar-refractivity contribution in [2.45, 2.75) is 43.7 Å². The van der Waals surface area contributed by atoms with Crippen molar-refractivity contribution in [3.63, 3.8) is 0 Å². The minimum Gasteiger partial charge on any atom is -0.478 e. The summed E-state index contributed by atoms with van der Waals surface area (Å²) in [7, 11) is 1.84. The molecule has 2 heterocycles. The average Bonchev–Trinajstić information content (AvgIpc) is 3.26. The van der Waals surface area contributed by atoms with E-state index in [0.717, 1.165) is 11.1 Å². The van der Waals surface area contributed by atoms with E-state index in [0.29, 0.717) is 50.6 Å². The van der Waals surface area contributed by atoms with Crippen molar-refractivity contribution in [1.82, 2.24) is 14.5 Å². The van der Waals surface area contributed by atoms with E-state index < -0.39 is 5.97 Å². The molecule has 9 heteroatoms. The number of carbonyl (C=O) groups is 1. The molecule has 0 radical (unpaired) electrons. The summed E-state index contributed by atoms with van der Waals surface area (Å²) < 4.78 is 1.81. The third-order valence-electron chi connectivity index (χ3n) is 7.15. The van der Waals surface area contributed by atoms with Gasteiger partial charge in [-0.15, -0.1) is 0 Å². The molecule has 0 bridgehead atoms. The Hall–Kier alpha value is -3.98. The van der Waals surface area contributed by atoms with Gasteiger partial charge in [-0.1, -0.05) is 45.0 Å². The van der Waals surface area contributed by atoms with Gasteiger partial charge in [0.2, 0.25) is 0 Å². The van der Waals surface area contributed by atoms with E-state index >= 15 is 0 Å². The van der Waals surface area contributed by atoms with Crippen molar-refractivity contribution < 1.29 is 14.8 Å². The summed E-state index contributed by atoms with van der Waals surface area (Å²) >= 11 is 1.24. The lowest BCUT2D eigenvalue weighted by atomic mass is 9.69. The summed E-state index contributed by atoms with van der Waals surface area (Å²) in [5.41, 5.74) is 3.78. The molecular weight excluding hydrogens is 500 g/mol. The van der Waals surface area contributed by atoms with Gasteiger partial charge in [-0.2, -0.15) is 0 Å². The van der Waals surface area contributed by atoms with Gasteiger partial charge in [0.15, 0.2) is 5.16 Å². The highest BCUT2D eigenvalue weighted by atomic mass is 32.2. The fraction of sp³-hybridized carbons (Fsp3) is 0.276. The number of benzene rings is 2. The summed E-state index contributed by atoms with van der Waals surface area (Å²) in [6.45, 7) is 6.47. The first-order valence-electron chi connectivity index (χ1n) is 12.3. The molecule has 0 amide bonds. The van der Waals surface area contributed by atoms with Gasteiger partial charge >= 0.3 is 5.97 Å². The van der Waals surface area contributed by atoms with Crippen molar-refractivity contribution >= 4 is 46.0 Å². The first-order valence-corrected chi connectivity index (χ1v) is 13.1. The van der Waals surface area contributed by atoms with Gasteiger partial charge in [0.1, 0.15) is 0 Å². The van der Waals surface area contributed by atoms with Gasteiger partial charge < -0.3 is 9.67 Å². The van der Waals surface area contributed by atoms with Crippen LogP contribution in [0.15, 0.2) is 64.9 Å². The van der Waals surface area contributed by atoms with Crippen LogP contribution in [0.2, 0.25) is 0 Å². The normalized spacial score (nSPS) is 16.5. The van der Waals surface area contributed by atoms with Crippen molar-refractivity contribution in [3.05, 3.63) is 87.4 Å². The van der Waals surface area contributed by atoms with Crippen LogP contribution in [0.1, 0.15) is 54.4 Å². The number of aromatic carboxylic acids is 1. The van der Waals surface area contributed by atoms with Gasteiger partial charge in [-0.05, 0) is 70.8 Å². The minimum absolute atomic E-state index is 0.00606. The third kappa shape index (κ3) is 4.81. The number of pyridine rings is 1. The summed E-state index contributed by atoms with van der Waals surface area (Å²) in [6, 6.07) is 12.5. The van der Waals surface area contributed by atoms with Crippen LogP contribution in [-0.4, -0.2) is 30.5 Å². The van der Waals surface area contributed by atoms with Crippen molar-refractivity contribution in [2.24, 2.45) is 18.4 Å². The van der Waals surface area contributed by atoms with Crippen LogP contribution in [0.3, 0.4) is 0 Å². The van der Waals surface area contributed by atoms with Gasteiger partial charge in [0, 0.05) is 30.9 Å². The summed E-state index contributed by atoms with van der Waals surface area (Å²) in [6.07, 6.45) is 6.67. The molecule has 1 atom stereocenters. The molecule has 0 saturated heterocycles. The summed E-state index contributed by atoms with van der Waals surface area (Å²) in [5.74, 6) is -0.796. The minimum atomic E-state index is -0.972. The zero-order valence-corrected chi connectivity index (χ0v) is 22.5. The number of nitrogens with zero attached hydrogens (tertiary/aromatic N) is 4. The lowest BCUT2D eigenvalue weighted by Gasteiger charge is -2.36. The van der Waals surface area contributed by atoms with Crippen LogP contribution in [0.25, 0.3) is 22.6 Å². The van der Waals surface area contributed by atoms with E-state index in [9.17, 15) is 20.0 Å². The maximum Gasteiger partial charge on any atom is 0.336 e. The highest BCUT2D eigenvalue weighted by Gasteiger charge is 2.35. The predicted molar refractivity (Wildman–Crippen MR) is 148 cm³/mol. The third-order valence-corrected chi connectivity index (χ3v) is 8.29. The van der Waals surface area contributed by atoms with Crippen LogP contribution in [0.4, 0.5) is 5.69 Å². The number of nitro benzene ring substituents is 1. The number of carboxylic acids is 1. The fourth-order valence-corrected chi connectivity index (χ4v) is 5.87. The molecule has 2 aromatic carbocycles. The molecule has 0 saturated carbocycles. The van der Waals surface area contributed by atoms with Gasteiger partial charge in [0.25, 0.3) is 5.69 Å². The Kier molecular flexibility index (Phi) is 6.56. The Bertz CT molecular complexity index is 1620. The second-order valence-electron chi connectivity index (χ2n) is 10.7. The molecule has 0 unspecified atom stereocenters. The van der Waals surface area contributed by atoms with E-state index in [4.69, 9.17) is 4.98 Å². The molecule has 1 aliphatic carbocycles. The molecule has 38 heavy (non-hydrogen) atoms. The first-order chi connectivity index (χ1) is 18.0. The van der Waals surface area contributed by atoms with Crippen LogP contribution >= 0.6 is 11.8 Å². The van der Waals surface area contributed by atoms with Crippen LogP contribution in [0, 0.1) is 21.4 Å². The number of allylic oxidation sites excluding steroid dienone is 1. The molecule has 2 aromatic heterocycles. The molecule has 1 aliphatic rings. The number of fused-ring (bicyclic) bond motifs is 2. The maximum absolute atomic E-state index is 12.5. The quantitative estimate of drug-likeness (QED) is 0.222. The molecule has 4 aromatic rings. The monoisotopic (exact) mass is 528 g/mol. The Morgan fingerprint density at radius 3 is 2.63 bits per heavy atom. The number of aryl methyl sites for hydroxylation is 1. The average molecular weight is 529 g/mol. The fourth-order valence-electron chi connectivity index (χ4n) is 4.98. The topological polar surface area (TPSA) is 111 Å². The van der Waals surface area contributed by atoms with E-state index in [1.54, 1.807) is 30.6 Å². The Morgan fingerprint density at radius 2 is 1.97 bits per heavy atom. The van der Waals surface area contributed by atoms with E-state index in [-0.39, 0.29) is 21.9 Å². The maximum atomic E-state index is 12.5. The number of aromatic nitrogens is 3. The molecule has 8 nitrogen and oxygen atoms in total. The SMILES string of the molecule is Cn1ccnc1Sc1ccc(/C=C2\C[C@H](C(C)(C)C)Cc3c2nc2ccccc2c3C(=O)O)cc1[N+](=O)[O-]. The van der Waals surface area contributed by atoms with E-state index in [2.05, 4.69) is 25.8 Å². The van der Waals surface area contributed by atoms with Crippen molar-refractivity contribution in [3.8, 4) is 0 Å². The predicted octanol–water partition coefficient (Wildman–Crippen LogP) is 6.88. The molecule has 5 rings (SSSR count). The number of imidazole rings is 1. The second kappa shape index (κ2) is 9.72. The van der Waals surface area contributed by atoms with Gasteiger partial charge in [-0.25, -0.2) is 14.8 Å². The highest BCUT2D eigenvalue weighted by Crippen LogP contribution is 2.45. The highest BCUT2D eigenvalue weighted by molar-refractivity contribution is 7.99. The molecular formula is C29H28N4O4S. The van der Waals surface area contributed by atoms with Crippen LogP contribution in [0.5, 0.6) is 0 Å². The first kappa shape index (κ1) is 25.7. The van der Waals surface area contributed by atoms with Gasteiger partial charge in [0.05, 0.1) is 26.6 Å². The lowest BCUT2D eigenvalue weighted by Crippen LogP contribution is -2.28. The number of hydrogen-bond donors (Lipinski definition) is 1. The number of hydrogen-bond acceptors (Lipinski definition) is 6. The van der Waals surface area contributed by atoms with Gasteiger partial charge in [-0.3, -0.25) is 10.1 Å². The van der Waals surface area contributed by atoms with E-state index in [1.807, 2.05) is 42.0 Å². The molecule has 0 fully saturated rings. The van der Waals surface area contributed by atoms with Crippen molar-refractivity contribution in [1.29, 1.82) is 0 Å². The molecule has 1 N–H and O–H groups in total. The molecule has 194 valence electrons. The number of carboxylic acid groups (broad SMARTS) is 1. The van der Waals surface area contributed by atoms with Crippen LogP contribution < -0.4 is 0 Å². The zero-order valence-electron chi connectivity index (χ0n) is 21.6. The smallest absolute Gasteiger partial charge is 0.336 e. The molecule has 0 aliphatic heterocycles. The lowest BCUT2D eigenvalue weighted by molar-refractivity contribution is -0.387. The number of para-hydroxylation sites is 1. The zero-order chi connectivity index (χ0) is 27.2. The largest absolute Gasteiger partial charge is 0.478 e. The molecule has 0 spiro atoms. The van der Waals surface area contributed by atoms with Crippen LogP contribution in [-0.2, 0) is 13.5 Å². The second-order valence-corrected chi connectivity index (χ2v) is 11.7.